The molecule has 1 aliphatic rings. The van der Waals surface area contributed by atoms with Gasteiger partial charge in [0, 0.05) is 33.3 Å². The van der Waals surface area contributed by atoms with Crippen LogP contribution < -0.4 is 16.3 Å². The molecule has 2 aromatic heterocycles. The van der Waals surface area contributed by atoms with E-state index in [0.717, 1.165) is 23.7 Å². The normalized spacial score (nSPS) is 14.0. The van der Waals surface area contributed by atoms with Crippen LogP contribution in [-0.2, 0) is 13.5 Å². The number of nitrogen functional groups attached to an aromatic ring is 1. The third kappa shape index (κ3) is 1.33. The highest BCUT2D eigenvalue weighted by molar-refractivity contribution is 5.74. The molecule has 0 saturated heterocycles. The fourth-order valence-corrected chi connectivity index (χ4v) is 2.33. The zero-order valence-electron chi connectivity index (χ0n) is 10.3. The van der Waals surface area contributed by atoms with E-state index < -0.39 is 0 Å². The molecule has 0 bridgehead atoms. The van der Waals surface area contributed by atoms with Crippen molar-refractivity contribution in [2.75, 3.05) is 24.2 Å². The van der Waals surface area contributed by atoms with E-state index in [4.69, 9.17) is 5.73 Å². The Hall–Kier alpha value is -2.31. The van der Waals surface area contributed by atoms with E-state index in [1.54, 1.807) is 23.9 Å². The number of nitrogens with zero attached hydrogens (tertiary/aromatic N) is 5. The smallest absolute Gasteiger partial charge is 0.350 e. The van der Waals surface area contributed by atoms with Crippen LogP contribution in [0.5, 0.6) is 0 Å². The van der Waals surface area contributed by atoms with Crippen LogP contribution in [0.25, 0.3) is 5.69 Å². The lowest BCUT2D eigenvalue weighted by Crippen LogP contribution is -2.24. The number of rotatable bonds is 0. The van der Waals surface area contributed by atoms with E-state index in [1.807, 2.05) is 11.9 Å². The van der Waals surface area contributed by atoms with E-state index in [-0.39, 0.29) is 5.69 Å². The van der Waals surface area contributed by atoms with E-state index >= 15 is 0 Å². The molecule has 0 unspecified atom stereocenters. The van der Waals surface area contributed by atoms with E-state index in [2.05, 4.69) is 10.1 Å². The largest absolute Gasteiger partial charge is 0.382 e. The van der Waals surface area contributed by atoms with Gasteiger partial charge in [-0.25, -0.2) is 19.0 Å². The third-order valence-electron chi connectivity index (χ3n) is 3.22. The first-order chi connectivity index (χ1) is 8.59. The summed E-state index contributed by atoms with van der Waals surface area (Å²) in [6, 6.07) is 1.79. The molecular formula is C11H14N6O. The Bertz CT molecular complexity index is 671. The molecule has 2 N–H and O–H groups in total. The molecule has 18 heavy (non-hydrogen) atoms. The second-order valence-corrected chi connectivity index (χ2v) is 4.39. The molecular weight excluding hydrogens is 232 g/mol. The lowest BCUT2D eigenvalue weighted by atomic mass is 10.3. The van der Waals surface area contributed by atoms with Crippen molar-refractivity contribution in [2.45, 2.75) is 6.42 Å². The minimum Gasteiger partial charge on any atom is -0.382 e. The first-order valence-electron chi connectivity index (χ1n) is 5.70. The molecule has 0 fully saturated rings. The summed E-state index contributed by atoms with van der Waals surface area (Å²) < 4.78 is 2.96. The van der Waals surface area contributed by atoms with Gasteiger partial charge < -0.3 is 10.6 Å². The van der Waals surface area contributed by atoms with Crippen molar-refractivity contribution in [3.05, 3.63) is 28.6 Å². The van der Waals surface area contributed by atoms with E-state index in [1.165, 1.54) is 4.68 Å². The number of likely N-dealkylation sites (N-methyl/N-ethyl adjacent to an activating group) is 1. The monoisotopic (exact) mass is 246 g/mol. The lowest BCUT2D eigenvalue weighted by Gasteiger charge is -2.19. The highest BCUT2D eigenvalue weighted by Gasteiger charge is 2.23. The molecule has 0 aromatic carbocycles. The van der Waals surface area contributed by atoms with Crippen LogP contribution in [0.4, 0.5) is 11.5 Å². The maximum Gasteiger partial charge on any atom is 0.350 e. The number of fused-ring (bicyclic) bond motifs is 3. The average Bonchev–Trinajstić information content (AvgIpc) is 2.52. The summed E-state index contributed by atoms with van der Waals surface area (Å²) in [4.78, 5) is 18.2. The molecule has 0 amide bonds. The second-order valence-electron chi connectivity index (χ2n) is 4.39. The second kappa shape index (κ2) is 3.59. The Labute approximate surface area is 103 Å². The minimum absolute atomic E-state index is 0.160. The summed E-state index contributed by atoms with van der Waals surface area (Å²) in [5, 5.41) is 4.25. The van der Waals surface area contributed by atoms with Gasteiger partial charge in [-0.1, -0.05) is 0 Å². The van der Waals surface area contributed by atoms with Crippen molar-refractivity contribution in [3.8, 4) is 5.69 Å². The van der Waals surface area contributed by atoms with Gasteiger partial charge in [0.25, 0.3) is 0 Å². The number of nitrogens with two attached hydrogens (primary N) is 1. The van der Waals surface area contributed by atoms with Crippen molar-refractivity contribution in [1.82, 2.24) is 19.3 Å². The van der Waals surface area contributed by atoms with Crippen molar-refractivity contribution in [1.29, 1.82) is 0 Å². The molecule has 0 saturated carbocycles. The topological polar surface area (TPSA) is 82.0 Å². The molecule has 1 aliphatic heterocycles. The minimum atomic E-state index is -0.160. The maximum atomic E-state index is 12.1. The standard InChI is InChI=1S/C11H14N6O/c1-15-6-4-8-14-16(2)11(18)17(8)7-3-5-13-10(12)9(7)15/h3,5H,4,6H2,1-2H3,(H2,12,13). The predicted molar refractivity (Wildman–Crippen MR) is 68.0 cm³/mol. The quantitative estimate of drug-likeness (QED) is 0.680. The van der Waals surface area contributed by atoms with Gasteiger partial charge in [-0.2, -0.15) is 5.10 Å². The SMILES string of the molecule is CN1CCc2nn(C)c(=O)n2-c2ccnc(N)c21. The fraction of sp³-hybridized carbons (Fsp3) is 0.364. The van der Waals surface area contributed by atoms with Gasteiger partial charge in [-0.05, 0) is 6.07 Å². The van der Waals surface area contributed by atoms with Crippen LogP contribution >= 0.6 is 0 Å². The first-order valence-corrected chi connectivity index (χ1v) is 5.70. The Morgan fingerprint density at radius 3 is 2.94 bits per heavy atom. The van der Waals surface area contributed by atoms with Crippen LogP contribution in [0.3, 0.4) is 0 Å². The van der Waals surface area contributed by atoms with Gasteiger partial charge >= 0.3 is 5.69 Å². The number of hydrogen-bond donors (Lipinski definition) is 1. The van der Waals surface area contributed by atoms with Gasteiger partial charge in [0.2, 0.25) is 0 Å². The Morgan fingerprint density at radius 2 is 2.17 bits per heavy atom. The lowest BCUT2D eigenvalue weighted by molar-refractivity contribution is 0.711. The summed E-state index contributed by atoms with van der Waals surface area (Å²) in [7, 11) is 3.59. The summed E-state index contributed by atoms with van der Waals surface area (Å²) in [5.41, 5.74) is 7.29. The van der Waals surface area contributed by atoms with Crippen LogP contribution in [0.15, 0.2) is 17.1 Å². The molecule has 0 aliphatic carbocycles. The van der Waals surface area contributed by atoms with Gasteiger partial charge in [-0.3, -0.25) is 0 Å². The van der Waals surface area contributed by atoms with Crippen molar-refractivity contribution >= 4 is 11.5 Å². The molecule has 2 aromatic rings. The fourth-order valence-electron chi connectivity index (χ4n) is 2.33. The van der Waals surface area contributed by atoms with Crippen molar-refractivity contribution in [3.63, 3.8) is 0 Å². The molecule has 94 valence electrons. The maximum absolute atomic E-state index is 12.1. The summed E-state index contributed by atoms with van der Waals surface area (Å²) in [6.45, 7) is 0.749. The number of aromatic nitrogens is 4. The number of pyridine rings is 1. The number of anilines is 2. The molecule has 7 nitrogen and oxygen atoms in total. The Balaban J connectivity index is 2.39. The summed E-state index contributed by atoms with van der Waals surface area (Å²) >= 11 is 0. The molecule has 0 atom stereocenters. The Kier molecular flexibility index (Phi) is 2.16. The van der Waals surface area contributed by atoms with Crippen LogP contribution in [0, 0.1) is 0 Å². The molecule has 0 radical (unpaired) electrons. The Morgan fingerprint density at radius 1 is 1.39 bits per heavy atom. The first kappa shape index (κ1) is 10.8. The van der Waals surface area contributed by atoms with Crippen molar-refractivity contribution in [2.24, 2.45) is 7.05 Å². The average molecular weight is 246 g/mol. The van der Waals surface area contributed by atoms with Gasteiger partial charge in [0.1, 0.15) is 17.3 Å². The van der Waals surface area contributed by atoms with Crippen LogP contribution in [-0.4, -0.2) is 32.9 Å². The summed E-state index contributed by atoms with van der Waals surface area (Å²) in [6.07, 6.45) is 2.30. The zero-order chi connectivity index (χ0) is 12.9. The van der Waals surface area contributed by atoms with Gasteiger partial charge in [0.15, 0.2) is 0 Å². The number of hydrogen-bond acceptors (Lipinski definition) is 5. The summed E-state index contributed by atoms with van der Waals surface area (Å²) in [5.74, 6) is 1.18. The van der Waals surface area contributed by atoms with Gasteiger partial charge in [0.05, 0.1) is 5.69 Å². The number of aryl methyl sites for hydroxylation is 1. The zero-order valence-corrected chi connectivity index (χ0v) is 10.3. The van der Waals surface area contributed by atoms with Gasteiger partial charge in [-0.15, -0.1) is 0 Å². The van der Waals surface area contributed by atoms with E-state index in [0.29, 0.717) is 12.2 Å². The predicted octanol–water partition coefficient (Wildman–Crippen LogP) is -0.459. The molecule has 7 heteroatoms. The van der Waals surface area contributed by atoms with Crippen LogP contribution in [0.1, 0.15) is 5.82 Å². The molecule has 0 spiro atoms. The van der Waals surface area contributed by atoms with E-state index in [9.17, 15) is 4.79 Å². The third-order valence-corrected chi connectivity index (χ3v) is 3.22. The molecule has 3 rings (SSSR count). The molecule has 3 heterocycles. The van der Waals surface area contributed by atoms with Crippen molar-refractivity contribution < 1.29 is 0 Å². The highest BCUT2D eigenvalue weighted by Crippen LogP contribution is 2.30. The van der Waals surface area contributed by atoms with Crippen LogP contribution in [0.2, 0.25) is 0 Å². The highest BCUT2D eigenvalue weighted by atomic mass is 16.2.